The van der Waals surface area contributed by atoms with E-state index in [1.54, 1.807) is 24.3 Å². The SMILES string of the molecule is CC1=CC(C)(C)N(C)c2cc(F)c(/C=C3/C(=O)NC(=S)N(c4cccc(Cl)c4Cl)C3=O)cc21. The van der Waals surface area contributed by atoms with Gasteiger partial charge in [-0.3, -0.25) is 19.8 Å². The van der Waals surface area contributed by atoms with Crippen molar-refractivity contribution in [1.29, 1.82) is 0 Å². The van der Waals surface area contributed by atoms with Gasteiger partial charge in [0, 0.05) is 23.9 Å². The lowest BCUT2D eigenvalue weighted by atomic mass is 9.88. The molecule has 5 nitrogen and oxygen atoms in total. The van der Waals surface area contributed by atoms with Gasteiger partial charge in [-0.25, -0.2) is 4.39 Å². The predicted octanol–water partition coefficient (Wildman–Crippen LogP) is 5.60. The van der Waals surface area contributed by atoms with Crippen LogP contribution in [0, 0.1) is 5.82 Å². The maximum absolute atomic E-state index is 15.1. The monoisotopic (exact) mass is 503 g/mol. The molecule has 0 saturated carbocycles. The number of rotatable bonds is 2. The number of halogens is 3. The molecule has 1 saturated heterocycles. The van der Waals surface area contributed by atoms with Crippen molar-refractivity contribution in [3.63, 3.8) is 0 Å². The predicted molar refractivity (Wildman–Crippen MR) is 135 cm³/mol. The quantitative estimate of drug-likeness (QED) is 0.329. The number of anilines is 2. The van der Waals surface area contributed by atoms with Gasteiger partial charge in [0.1, 0.15) is 11.4 Å². The summed E-state index contributed by atoms with van der Waals surface area (Å²) in [5, 5.41) is 2.66. The number of allylic oxidation sites excluding steroid dienone is 1. The number of amides is 2. The molecule has 4 rings (SSSR count). The Labute approximate surface area is 206 Å². The number of nitrogens with zero attached hydrogens (tertiary/aromatic N) is 2. The Balaban J connectivity index is 1.81. The van der Waals surface area contributed by atoms with Crippen LogP contribution >= 0.6 is 35.4 Å². The average Bonchev–Trinajstić information content (AvgIpc) is 2.72. The highest BCUT2D eigenvalue weighted by molar-refractivity contribution is 7.80. The van der Waals surface area contributed by atoms with E-state index in [-0.39, 0.29) is 37.5 Å². The third kappa shape index (κ3) is 3.94. The van der Waals surface area contributed by atoms with Gasteiger partial charge in [-0.05, 0) is 68.9 Å². The molecule has 1 fully saturated rings. The molecule has 0 spiro atoms. The fraction of sp³-hybridized carbons (Fsp3) is 0.208. The maximum atomic E-state index is 15.1. The van der Waals surface area contributed by atoms with Crippen molar-refractivity contribution in [3.05, 3.63) is 69.0 Å². The molecule has 1 N–H and O–H groups in total. The first kappa shape index (κ1) is 23.4. The molecule has 9 heteroatoms. The molecular formula is C24H20Cl2FN3O2S. The van der Waals surface area contributed by atoms with Gasteiger partial charge in [-0.1, -0.05) is 35.3 Å². The van der Waals surface area contributed by atoms with Crippen LogP contribution in [0.5, 0.6) is 0 Å². The van der Waals surface area contributed by atoms with E-state index in [2.05, 4.69) is 11.4 Å². The van der Waals surface area contributed by atoms with E-state index in [1.165, 1.54) is 12.1 Å². The molecule has 33 heavy (non-hydrogen) atoms. The van der Waals surface area contributed by atoms with Crippen LogP contribution in [0.1, 0.15) is 31.9 Å². The van der Waals surface area contributed by atoms with Gasteiger partial charge < -0.3 is 4.90 Å². The zero-order valence-corrected chi connectivity index (χ0v) is 20.6. The Morgan fingerprint density at radius 1 is 1.15 bits per heavy atom. The van der Waals surface area contributed by atoms with Crippen molar-refractivity contribution in [2.24, 2.45) is 0 Å². The number of thiocarbonyl (C=S) groups is 1. The standard InChI is InChI=1S/C24H20Cl2FN3O2S/c1-12-11-24(2,3)29(4)19-10-17(27)13(8-14(12)19)9-15-21(31)28-23(33)30(22(15)32)18-7-5-6-16(25)20(18)26/h5-11H,1-4H3,(H,28,31,33)/b15-9-. The van der Waals surface area contributed by atoms with Gasteiger partial charge in [0.15, 0.2) is 5.11 Å². The maximum Gasteiger partial charge on any atom is 0.270 e. The Kier molecular flexibility index (Phi) is 5.85. The van der Waals surface area contributed by atoms with Gasteiger partial charge in [0.2, 0.25) is 0 Å². The van der Waals surface area contributed by atoms with E-state index in [1.807, 2.05) is 32.7 Å². The summed E-state index contributed by atoms with van der Waals surface area (Å²) in [4.78, 5) is 29.0. The van der Waals surface area contributed by atoms with Gasteiger partial charge in [-0.2, -0.15) is 0 Å². The highest BCUT2D eigenvalue weighted by atomic mass is 35.5. The van der Waals surface area contributed by atoms with Crippen molar-refractivity contribution in [3.8, 4) is 0 Å². The van der Waals surface area contributed by atoms with Crippen LogP contribution in [0.25, 0.3) is 11.6 Å². The minimum absolute atomic E-state index is 0.108. The van der Waals surface area contributed by atoms with Crippen molar-refractivity contribution < 1.29 is 14.0 Å². The first-order valence-corrected chi connectivity index (χ1v) is 11.2. The Hall–Kier alpha value is -2.74. The van der Waals surface area contributed by atoms with E-state index in [4.69, 9.17) is 35.4 Å². The summed E-state index contributed by atoms with van der Waals surface area (Å²) in [6.07, 6.45) is 3.32. The minimum Gasteiger partial charge on any atom is -0.365 e. The molecule has 2 heterocycles. The Morgan fingerprint density at radius 2 is 1.85 bits per heavy atom. The van der Waals surface area contributed by atoms with E-state index in [0.29, 0.717) is 0 Å². The minimum atomic E-state index is -0.726. The summed E-state index contributed by atoms with van der Waals surface area (Å²) in [5.41, 5.74) is 2.29. The summed E-state index contributed by atoms with van der Waals surface area (Å²) in [5.74, 6) is -2.00. The third-order valence-electron chi connectivity index (χ3n) is 5.91. The summed E-state index contributed by atoms with van der Waals surface area (Å²) in [6.45, 7) is 6.02. The smallest absolute Gasteiger partial charge is 0.270 e. The Bertz CT molecular complexity index is 1300. The third-order valence-corrected chi connectivity index (χ3v) is 7.00. The number of nitrogens with one attached hydrogen (secondary N) is 1. The number of likely N-dealkylation sites (N-methyl/N-ethyl adjacent to an activating group) is 1. The van der Waals surface area contributed by atoms with Crippen molar-refractivity contribution in [1.82, 2.24) is 5.32 Å². The number of hydrogen-bond donors (Lipinski definition) is 1. The molecular weight excluding hydrogens is 484 g/mol. The van der Waals surface area contributed by atoms with Crippen LogP contribution in [0.15, 0.2) is 42.0 Å². The fourth-order valence-corrected chi connectivity index (χ4v) is 4.65. The van der Waals surface area contributed by atoms with Crippen LogP contribution in [-0.2, 0) is 9.59 Å². The van der Waals surface area contributed by atoms with Crippen molar-refractivity contribution in [2.45, 2.75) is 26.3 Å². The zero-order chi connectivity index (χ0) is 24.2. The summed E-state index contributed by atoms with van der Waals surface area (Å²) in [6, 6.07) is 7.78. The first-order chi connectivity index (χ1) is 15.4. The molecule has 0 bridgehead atoms. The van der Waals surface area contributed by atoms with Gasteiger partial charge >= 0.3 is 0 Å². The molecule has 170 valence electrons. The average molecular weight is 504 g/mol. The molecule has 2 amide bonds. The molecule has 0 atom stereocenters. The second kappa shape index (κ2) is 8.24. The molecule has 0 aromatic heterocycles. The number of benzene rings is 2. The number of carbonyl (C=O) groups is 2. The fourth-order valence-electron chi connectivity index (χ4n) is 4.00. The van der Waals surface area contributed by atoms with Crippen molar-refractivity contribution >= 4 is 75.4 Å². The lowest BCUT2D eigenvalue weighted by Gasteiger charge is -2.40. The van der Waals surface area contributed by atoms with Gasteiger partial charge in [0.05, 0.1) is 21.3 Å². The van der Waals surface area contributed by atoms with E-state index in [0.717, 1.165) is 21.7 Å². The topological polar surface area (TPSA) is 52.7 Å². The van der Waals surface area contributed by atoms with Crippen LogP contribution in [0.4, 0.5) is 15.8 Å². The second-order valence-electron chi connectivity index (χ2n) is 8.46. The van der Waals surface area contributed by atoms with Gasteiger partial charge in [-0.15, -0.1) is 0 Å². The van der Waals surface area contributed by atoms with E-state index >= 15 is 4.39 Å². The largest absolute Gasteiger partial charge is 0.365 e. The number of carbonyl (C=O) groups excluding carboxylic acids is 2. The summed E-state index contributed by atoms with van der Waals surface area (Å²) >= 11 is 17.5. The van der Waals surface area contributed by atoms with Crippen molar-refractivity contribution in [2.75, 3.05) is 16.8 Å². The Morgan fingerprint density at radius 3 is 2.55 bits per heavy atom. The normalized spacial score (nSPS) is 18.9. The number of hydrogen-bond acceptors (Lipinski definition) is 4. The highest BCUT2D eigenvalue weighted by Crippen LogP contribution is 2.40. The molecule has 2 aromatic rings. The molecule has 2 aliphatic rings. The molecule has 2 aromatic carbocycles. The summed E-state index contributed by atoms with van der Waals surface area (Å²) < 4.78 is 15.1. The first-order valence-electron chi connectivity index (χ1n) is 10.0. The lowest BCUT2D eigenvalue weighted by molar-refractivity contribution is -0.122. The molecule has 0 aliphatic carbocycles. The van der Waals surface area contributed by atoms with Gasteiger partial charge in [0.25, 0.3) is 11.8 Å². The van der Waals surface area contributed by atoms with Crippen LogP contribution in [0.3, 0.4) is 0 Å². The van der Waals surface area contributed by atoms with E-state index in [9.17, 15) is 9.59 Å². The number of fused-ring (bicyclic) bond motifs is 1. The molecule has 0 unspecified atom stereocenters. The molecule has 0 radical (unpaired) electrons. The van der Waals surface area contributed by atoms with Crippen LogP contribution in [-0.4, -0.2) is 29.5 Å². The summed E-state index contributed by atoms with van der Waals surface area (Å²) in [7, 11) is 1.89. The van der Waals surface area contributed by atoms with E-state index < -0.39 is 17.6 Å². The molecule has 2 aliphatic heterocycles. The van der Waals surface area contributed by atoms with Crippen LogP contribution < -0.4 is 15.1 Å². The van der Waals surface area contributed by atoms with Crippen LogP contribution in [0.2, 0.25) is 10.0 Å². The highest BCUT2D eigenvalue weighted by Gasteiger charge is 2.36. The zero-order valence-electron chi connectivity index (χ0n) is 18.3. The lowest BCUT2D eigenvalue weighted by Crippen LogP contribution is -2.54. The second-order valence-corrected chi connectivity index (χ2v) is 9.63.